The second kappa shape index (κ2) is 8.43. The maximum atomic E-state index is 10.8. The zero-order valence-electron chi connectivity index (χ0n) is 8.80. The van der Waals surface area contributed by atoms with E-state index in [9.17, 15) is 9.59 Å². The van der Waals surface area contributed by atoms with E-state index in [1.807, 2.05) is 0 Å². The minimum atomic E-state index is -0.770. The maximum Gasteiger partial charge on any atom is 0.330 e. The SMILES string of the molecule is C=CC(=O)OC/C=C/C(CO)OC(=O)C=C. The summed E-state index contributed by atoms with van der Waals surface area (Å²) in [5.41, 5.74) is 0. The number of carbonyl (C=O) groups excluding carboxylic acids is 2. The fourth-order valence-electron chi connectivity index (χ4n) is 0.731. The molecule has 0 rings (SSSR count). The summed E-state index contributed by atoms with van der Waals surface area (Å²) in [6, 6.07) is 0. The second-order valence-electron chi connectivity index (χ2n) is 2.62. The molecule has 0 amide bonds. The summed E-state index contributed by atoms with van der Waals surface area (Å²) in [5, 5.41) is 8.84. The van der Waals surface area contributed by atoms with Crippen molar-refractivity contribution < 1.29 is 24.2 Å². The van der Waals surface area contributed by atoms with Gasteiger partial charge < -0.3 is 14.6 Å². The smallest absolute Gasteiger partial charge is 0.330 e. The van der Waals surface area contributed by atoms with Crippen LogP contribution < -0.4 is 0 Å². The van der Waals surface area contributed by atoms with Crippen LogP contribution in [0.3, 0.4) is 0 Å². The largest absolute Gasteiger partial charge is 0.458 e. The van der Waals surface area contributed by atoms with E-state index in [1.165, 1.54) is 12.2 Å². The van der Waals surface area contributed by atoms with Crippen LogP contribution in [0.5, 0.6) is 0 Å². The molecule has 16 heavy (non-hydrogen) atoms. The predicted molar refractivity (Wildman–Crippen MR) is 57.5 cm³/mol. The van der Waals surface area contributed by atoms with Gasteiger partial charge in [-0.1, -0.05) is 13.2 Å². The van der Waals surface area contributed by atoms with Crippen molar-refractivity contribution in [3.8, 4) is 0 Å². The Labute approximate surface area is 93.7 Å². The highest BCUT2D eigenvalue weighted by Gasteiger charge is 2.06. The Morgan fingerprint density at radius 3 is 2.38 bits per heavy atom. The van der Waals surface area contributed by atoms with E-state index in [2.05, 4.69) is 17.9 Å². The average Bonchev–Trinajstić information content (AvgIpc) is 2.32. The molecule has 1 unspecified atom stereocenters. The zero-order valence-corrected chi connectivity index (χ0v) is 8.80. The van der Waals surface area contributed by atoms with Crippen molar-refractivity contribution in [3.63, 3.8) is 0 Å². The predicted octanol–water partition coefficient (Wildman–Crippen LogP) is 0.362. The Morgan fingerprint density at radius 1 is 1.25 bits per heavy atom. The molecule has 1 N–H and O–H groups in total. The van der Waals surface area contributed by atoms with E-state index in [4.69, 9.17) is 9.84 Å². The van der Waals surface area contributed by atoms with Gasteiger partial charge in [-0.15, -0.1) is 0 Å². The van der Waals surface area contributed by atoms with Gasteiger partial charge in [0.1, 0.15) is 12.7 Å². The van der Waals surface area contributed by atoms with Crippen molar-refractivity contribution in [1.82, 2.24) is 0 Å². The number of aliphatic hydroxyl groups is 1. The van der Waals surface area contributed by atoms with Crippen molar-refractivity contribution in [1.29, 1.82) is 0 Å². The van der Waals surface area contributed by atoms with E-state index < -0.39 is 18.0 Å². The fraction of sp³-hybridized carbons (Fsp3) is 0.273. The molecule has 88 valence electrons. The molecule has 0 bridgehead atoms. The van der Waals surface area contributed by atoms with Crippen LogP contribution in [-0.2, 0) is 19.1 Å². The molecule has 0 spiro atoms. The Bertz CT molecular complexity index is 293. The molecule has 5 heteroatoms. The number of aliphatic hydroxyl groups excluding tert-OH is 1. The number of carbonyl (C=O) groups is 2. The summed E-state index contributed by atoms with van der Waals surface area (Å²) < 4.78 is 9.36. The van der Waals surface area contributed by atoms with Crippen LogP contribution >= 0.6 is 0 Å². The van der Waals surface area contributed by atoms with Gasteiger partial charge in [0, 0.05) is 12.2 Å². The lowest BCUT2D eigenvalue weighted by Crippen LogP contribution is -2.18. The molecule has 0 aromatic rings. The van der Waals surface area contributed by atoms with Crippen molar-refractivity contribution in [2.75, 3.05) is 13.2 Å². The number of rotatable bonds is 7. The van der Waals surface area contributed by atoms with Crippen LogP contribution in [-0.4, -0.2) is 36.4 Å². The Balaban J connectivity index is 3.96. The molecule has 5 nitrogen and oxygen atoms in total. The lowest BCUT2D eigenvalue weighted by Gasteiger charge is -2.09. The van der Waals surface area contributed by atoms with Gasteiger partial charge in [-0.25, -0.2) is 9.59 Å². The van der Waals surface area contributed by atoms with E-state index in [1.54, 1.807) is 0 Å². The van der Waals surface area contributed by atoms with Gasteiger partial charge in [0.15, 0.2) is 0 Å². The van der Waals surface area contributed by atoms with Crippen LogP contribution in [0, 0.1) is 0 Å². The monoisotopic (exact) mass is 226 g/mol. The molecule has 0 heterocycles. The minimum Gasteiger partial charge on any atom is -0.458 e. The van der Waals surface area contributed by atoms with Crippen molar-refractivity contribution in [3.05, 3.63) is 37.5 Å². The molecular weight excluding hydrogens is 212 g/mol. The molecule has 0 fully saturated rings. The van der Waals surface area contributed by atoms with Crippen LogP contribution in [0.2, 0.25) is 0 Å². The van der Waals surface area contributed by atoms with Crippen molar-refractivity contribution in [2.45, 2.75) is 6.10 Å². The highest BCUT2D eigenvalue weighted by molar-refractivity contribution is 5.81. The fourth-order valence-corrected chi connectivity index (χ4v) is 0.731. The van der Waals surface area contributed by atoms with Crippen LogP contribution in [0.1, 0.15) is 0 Å². The Morgan fingerprint density at radius 2 is 1.88 bits per heavy atom. The van der Waals surface area contributed by atoms with Gasteiger partial charge in [-0.3, -0.25) is 0 Å². The van der Waals surface area contributed by atoms with Crippen molar-refractivity contribution in [2.24, 2.45) is 0 Å². The third-order valence-electron chi connectivity index (χ3n) is 1.45. The van der Waals surface area contributed by atoms with E-state index in [0.29, 0.717) is 0 Å². The Hall–Kier alpha value is -1.88. The first kappa shape index (κ1) is 14.1. The van der Waals surface area contributed by atoms with Crippen LogP contribution in [0.4, 0.5) is 0 Å². The van der Waals surface area contributed by atoms with Crippen molar-refractivity contribution >= 4 is 11.9 Å². The number of hydrogen-bond acceptors (Lipinski definition) is 5. The van der Waals surface area contributed by atoms with Gasteiger partial charge in [0.05, 0.1) is 6.61 Å². The summed E-state index contributed by atoms with van der Waals surface area (Å²) in [5.74, 6) is -1.18. The first-order valence-electron chi connectivity index (χ1n) is 4.53. The molecule has 0 saturated carbocycles. The lowest BCUT2D eigenvalue weighted by atomic mass is 10.3. The molecule has 0 saturated heterocycles. The average molecular weight is 226 g/mol. The molecule has 0 aromatic carbocycles. The third-order valence-corrected chi connectivity index (χ3v) is 1.45. The summed E-state index contributed by atoms with van der Waals surface area (Å²) in [6.07, 6.45) is 4.13. The standard InChI is InChI=1S/C11H14O5/c1-3-10(13)15-7-5-6-9(8-12)16-11(14)4-2/h3-6,9,12H,1-2,7-8H2/b6-5+. The maximum absolute atomic E-state index is 10.8. The molecule has 0 aliphatic carbocycles. The molecule has 0 aromatic heterocycles. The number of esters is 2. The number of ether oxygens (including phenoxy) is 2. The number of hydrogen-bond donors (Lipinski definition) is 1. The lowest BCUT2D eigenvalue weighted by molar-refractivity contribution is -0.142. The third kappa shape index (κ3) is 6.56. The van der Waals surface area contributed by atoms with Gasteiger partial charge in [0.25, 0.3) is 0 Å². The van der Waals surface area contributed by atoms with E-state index in [0.717, 1.165) is 12.2 Å². The van der Waals surface area contributed by atoms with Gasteiger partial charge >= 0.3 is 11.9 Å². The minimum absolute atomic E-state index is 0.0208. The highest BCUT2D eigenvalue weighted by Crippen LogP contribution is 1.95. The van der Waals surface area contributed by atoms with Crippen LogP contribution in [0.25, 0.3) is 0 Å². The quantitative estimate of drug-likeness (QED) is 0.385. The summed E-state index contributed by atoms with van der Waals surface area (Å²) in [7, 11) is 0. The first-order chi connectivity index (χ1) is 7.63. The molecule has 0 aliphatic heterocycles. The summed E-state index contributed by atoms with van der Waals surface area (Å²) >= 11 is 0. The van der Waals surface area contributed by atoms with Gasteiger partial charge in [-0.2, -0.15) is 0 Å². The first-order valence-corrected chi connectivity index (χ1v) is 4.53. The molecular formula is C11H14O5. The topological polar surface area (TPSA) is 72.8 Å². The molecule has 0 radical (unpaired) electrons. The van der Waals surface area contributed by atoms with Gasteiger partial charge in [-0.05, 0) is 12.2 Å². The van der Waals surface area contributed by atoms with Gasteiger partial charge in [0.2, 0.25) is 0 Å². The normalized spacial score (nSPS) is 11.8. The zero-order chi connectivity index (χ0) is 12.4. The highest BCUT2D eigenvalue weighted by atomic mass is 16.6. The van der Waals surface area contributed by atoms with Crippen LogP contribution in [0.15, 0.2) is 37.5 Å². The van der Waals surface area contributed by atoms with E-state index >= 15 is 0 Å². The van der Waals surface area contributed by atoms with E-state index in [-0.39, 0.29) is 13.2 Å². The second-order valence-corrected chi connectivity index (χ2v) is 2.62. The Kier molecular flexibility index (Phi) is 7.44. The molecule has 1 atom stereocenters. The summed E-state index contributed by atoms with van der Waals surface area (Å²) in [6.45, 7) is 6.11. The molecule has 0 aliphatic rings. The summed E-state index contributed by atoms with van der Waals surface area (Å²) in [4.78, 5) is 21.4.